The van der Waals surface area contributed by atoms with Gasteiger partial charge in [0.15, 0.2) is 16.6 Å². The molecule has 0 amide bonds. The summed E-state index contributed by atoms with van der Waals surface area (Å²) in [6.45, 7) is 5.42. The van der Waals surface area contributed by atoms with Gasteiger partial charge < -0.3 is 20.5 Å². The Morgan fingerprint density at radius 3 is 2.84 bits per heavy atom. The molecule has 0 saturated heterocycles. The van der Waals surface area contributed by atoms with Crippen LogP contribution in [0.25, 0.3) is 0 Å². The molecule has 0 radical (unpaired) electrons. The molecule has 1 aliphatic rings. The van der Waals surface area contributed by atoms with Crippen molar-refractivity contribution in [3.63, 3.8) is 0 Å². The summed E-state index contributed by atoms with van der Waals surface area (Å²) in [5.41, 5.74) is 5.80. The Morgan fingerprint density at radius 1 is 1.42 bits per heavy atom. The number of aromatic nitrogens is 1. The van der Waals surface area contributed by atoms with E-state index in [2.05, 4.69) is 9.69 Å². The SMILES string of the molecule is CC(C)Oc1c(N)nsc1NCCOC1CCCC1. The first-order valence-electron chi connectivity index (χ1n) is 6.94. The zero-order chi connectivity index (χ0) is 13.7. The van der Waals surface area contributed by atoms with E-state index in [1.54, 1.807) is 0 Å². The van der Waals surface area contributed by atoms with Gasteiger partial charge in [-0.25, -0.2) is 0 Å². The maximum Gasteiger partial charge on any atom is 0.197 e. The van der Waals surface area contributed by atoms with Crippen molar-refractivity contribution in [2.24, 2.45) is 0 Å². The first kappa shape index (κ1) is 14.4. The molecule has 19 heavy (non-hydrogen) atoms. The lowest BCUT2D eigenvalue weighted by Gasteiger charge is -2.13. The molecule has 0 aromatic carbocycles. The van der Waals surface area contributed by atoms with Gasteiger partial charge in [-0.2, -0.15) is 4.37 Å². The van der Waals surface area contributed by atoms with Crippen molar-refractivity contribution in [1.29, 1.82) is 0 Å². The maximum atomic E-state index is 5.80. The molecule has 1 heterocycles. The second-order valence-electron chi connectivity index (χ2n) is 5.10. The van der Waals surface area contributed by atoms with E-state index in [0.29, 0.717) is 24.3 Å². The first-order valence-corrected chi connectivity index (χ1v) is 7.71. The third-order valence-electron chi connectivity index (χ3n) is 3.07. The summed E-state index contributed by atoms with van der Waals surface area (Å²) in [4.78, 5) is 0. The van der Waals surface area contributed by atoms with Gasteiger partial charge in [0, 0.05) is 6.54 Å². The number of anilines is 2. The second-order valence-corrected chi connectivity index (χ2v) is 5.87. The molecule has 0 aliphatic heterocycles. The molecule has 1 aromatic rings. The molecule has 0 atom stereocenters. The van der Waals surface area contributed by atoms with Crippen molar-refractivity contribution >= 4 is 22.4 Å². The van der Waals surface area contributed by atoms with Crippen molar-refractivity contribution in [3.8, 4) is 5.75 Å². The number of nitrogens with one attached hydrogen (secondary N) is 1. The molecule has 1 aromatic heterocycles. The Hall–Kier alpha value is -1.01. The summed E-state index contributed by atoms with van der Waals surface area (Å²) in [5, 5.41) is 4.18. The quantitative estimate of drug-likeness (QED) is 0.754. The highest BCUT2D eigenvalue weighted by Crippen LogP contribution is 2.35. The van der Waals surface area contributed by atoms with Crippen molar-refractivity contribution in [2.75, 3.05) is 24.2 Å². The maximum absolute atomic E-state index is 5.80. The fourth-order valence-electron chi connectivity index (χ4n) is 2.20. The van der Waals surface area contributed by atoms with Gasteiger partial charge in [-0.05, 0) is 38.2 Å². The van der Waals surface area contributed by atoms with Crippen LogP contribution in [0.3, 0.4) is 0 Å². The van der Waals surface area contributed by atoms with E-state index in [-0.39, 0.29) is 6.10 Å². The Labute approximate surface area is 118 Å². The number of nitrogens with zero attached hydrogens (tertiary/aromatic N) is 1. The van der Waals surface area contributed by atoms with Crippen molar-refractivity contribution in [2.45, 2.75) is 51.7 Å². The van der Waals surface area contributed by atoms with Crippen LogP contribution in [-0.4, -0.2) is 29.7 Å². The van der Waals surface area contributed by atoms with E-state index in [1.165, 1.54) is 37.2 Å². The third-order valence-corrected chi connectivity index (χ3v) is 3.87. The van der Waals surface area contributed by atoms with Crippen molar-refractivity contribution < 1.29 is 9.47 Å². The molecule has 0 unspecified atom stereocenters. The Bertz CT molecular complexity index is 389. The summed E-state index contributed by atoms with van der Waals surface area (Å²) < 4.78 is 15.6. The van der Waals surface area contributed by atoms with E-state index in [9.17, 15) is 0 Å². The highest BCUT2D eigenvalue weighted by Gasteiger charge is 2.16. The molecule has 108 valence electrons. The normalized spacial score (nSPS) is 16.2. The van der Waals surface area contributed by atoms with Gasteiger partial charge in [-0.3, -0.25) is 0 Å². The smallest absolute Gasteiger partial charge is 0.197 e. The average Bonchev–Trinajstić information content (AvgIpc) is 2.98. The minimum Gasteiger partial charge on any atom is -0.484 e. The van der Waals surface area contributed by atoms with Gasteiger partial charge in [-0.15, -0.1) is 0 Å². The van der Waals surface area contributed by atoms with Gasteiger partial charge in [0.05, 0.1) is 18.8 Å². The van der Waals surface area contributed by atoms with Crippen LogP contribution in [-0.2, 0) is 4.74 Å². The fraction of sp³-hybridized carbons (Fsp3) is 0.769. The van der Waals surface area contributed by atoms with Crippen LogP contribution in [0, 0.1) is 0 Å². The summed E-state index contributed by atoms with van der Waals surface area (Å²) in [5.74, 6) is 1.12. The topological polar surface area (TPSA) is 69.4 Å². The molecule has 0 bridgehead atoms. The van der Waals surface area contributed by atoms with E-state index in [0.717, 1.165) is 11.5 Å². The fourth-order valence-corrected chi connectivity index (χ4v) is 2.88. The Morgan fingerprint density at radius 2 is 2.16 bits per heavy atom. The molecular weight excluding hydrogens is 262 g/mol. The Kier molecular flexibility index (Phi) is 5.27. The predicted molar refractivity (Wildman–Crippen MR) is 79.0 cm³/mol. The predicted octanol–water partition coefficient (Wildman–Crippen LogP) is 2.88. The van der Waals surface area contributed by atoms with Crippen LogP contribution in [0.15, 0.2) is 0 Å². The standard InChI is InChI=1S/C13H23N3O2S/c1-9(2)18-11-12(14)16-19-13(11)15-7-8-17-10-5-3-4-6-10/h9-10,15H,3-8H2,1-2H3,(H2,14,16). The molecule has 1 saturated carbocycles. The first-order chi connectivity index (χ1) is 9.16. The number of ether oxygens (including phenoxy) is 2. The van der Waals surface area contributed by atoms with E-state index < -0.39 is 0 Å². The minimum absolute atomic E-state index is 0.0917. The largest absolute Gasteiger partial charge is 0.484 e. The zero-order valence-corrected chi connectivity index (χ0v) is 12.5. The monoisotopic (exact) mass is 285 g/mol. The van der Waals surface area contributed by atoms with E-state index in [4.69, 9.17) is 15.2 Å². The highest BCUT2D eigenvalue weighted by molar-refractivity contribution is 7.11. The van der Waals surface area contributed by atoms with E-state index >= 15 is 0 Å². The molecule has 1 fully saturated rings. The van der Waals surface area contributed by atoms with Crippen LogP contribution >= 0.6 is 11.5 Å². The molecule has 3 N–H and O–H groups in total. The van der Waals surface area contributed by atoms with Crippen LogP contribution < -0.4 is 15.8 Å². The molecule has 5 nitrogen and oxygen atoms in total. The number of nitrogens with two attached hydrogens (primary N) is 1. The average molecular weight is 285 g/mol. The second kappa shape index (κ2) is 6.96. The van der Waals surface area contributed by atoms with Gasteiger partial charge >= 0.3 is 0 Å². The van der Waals surface area contributed by atoms with Crippen LogP contribution in [0.4, 0.5) is 10.8 Å². The number of hydrogen-bond acceptors (Lipinski definition) is 6. The lowest BCUT2D eigenvalue weighted by molar-refractivity contribution is 0.0659. The molecular formula is C13H23N3O2S. The van der Waals surface area contributed by atoms with Crippen LogP contribution in [0.1, 0.15) is 39.5 Å². The van der Waals surface area contributed by atoms with Gasteiger partial charge in [0.1, 0.15) is 0 Å². The van der Waals surface area contributed by atoms with Gasteiger partial charge in [0.25, 0.3) is 0 Å². The zero-order valence-electron chi connectivity index (χ0n) is 11.6. The molecule has 1 aliphatic carbocycles. The number of nitrogen functional groups attached to an aromatic ring is 1. The highest BCUT2D eigenvalue weighted by atomic mass is 32.1. The minimum atomic E-state index is 0.0917. The molecule has 2 rings (SSSR count). The number of rotatable bonds is 7. The summed E-state index contributed by atoms with van der Waals surface area (Å²) in [6.07, 6.45) is 5.56. The van der Waals surface area contributed by atoms with Crippen LogP contribution in [0.5, 0.6) is 5.75 Å². The molecule has 0 spiro atoms. The van der Waals surface area contributed by atoms with Gasteiger partial charge in [0.2, 0.25) is 0 Å². The lowest BCUT2D eigenvalue weighted by Crippen LogP contribution is -2.15. The van der Waals surface area contributed by atoms with E-state index in [1.807, 2.05) is 13.8 Å². The Balaban J connectivity index is 1.75. The summed E-state index contributed by atoms with van der Waals surface area (Å²) >= 11 is 1.33. The summed E-state index contributed by atoms with van der Waals surface area (Å²) in [7, 11) is 0. The van der Waals surface area contributed by atoms with Crippen LogP contribution in [0.2, 0.25) is 0 Å². The summed E-state index contributed by atoms with van der Waals surface area (Å²) in [6, 6.07) is 0. The number of hydrogen-bond donors (Lipinski definition) is 2. The van der Waals surface area contributed by atoms with Crippen molar-refractivity contribution in [3.05, 3.63) is 0 Å². The third kappa shape index (κ3) is 4.24. The van der Waals surface area contributed by atoms with Crippen molar-refractivity contribution in [1.82, 2.24) is 4.37 Å². The lowest BCUT2D eigenvalue weighted by atomic mass is 10.3. The molecule has 6 heteroatoms. The van der Waals surface area contributed by atoms with Gasteiger partial charge in [-0.1, -0.05) is 12.8 Å².